The molecule has 4 heteroatoms. The molecule has 1 aromatic rings. The average Bonchev–Trinajstić information content (AvgIpc) is 2.35. The summed E-state index contributed by atoms with van der Waals surface area (Å²) in [4.78, 5) is 11.3. The quantitative estimate of drug-likeness (QED) is 0.848. The molecular formula is C13H16N2O2. The molecule has 1 aromatic carbocycles. The fourth-order valence-electron chi connectivity index (χ4n) is 1.26. The van der Waals surface area contributed by atoms with Gasteiger partial charge in [-0.05, 0) is 11.5 Å². The highest BCUT2D eigenvalue weighted by molar-refractivity contribution is 5.67. The summed E-state index contributed by atoms with van der Waals surface area (Å²) >= 11 is 0. The molecule has 0 fully saturated rings. The molecule has 4 nitrogen and oxygen atoms in total. The molecule has 0 aliphatic rings. The van der Waals surface area contributed by atoms with E-state index in [4.69, 9.17) is 10.00 Å². The molecule has 0 radical (unpaired) electrons. The van der Waals surface area contributed by atoms with Crippen LogP contribution in [0.4, 0.5) is 4.79 Å². The first kappa shape index (κ1) is 13.0. The zero-order valence-corrected chi connectivity index (χ0v) is 9.85. The van der Waals surface area contributed by atoms with Crippen molar-refractivity contribution in [1.82, 2.24) is 5.32 Å². The maximum Gasteiger partial charge on any atom is 0.407 e. The van der Waals surface area contributed by atoms with Gasteiger partial charge in [-0.2, -0.15) is 5.26 Å². The Kier molecular flexibility index (Phi) is 5.59. The summed E-state index contributed by atoms with van der Waals surface area (Å²) < 4.78 is 5.02. The number of hydrogen-bond donors (Lipinski definition) is 1. The van der Waals surface area contributed by atoms with Crippen LogP contribution in [0.2, 0.25) is 0 Å². The Labute approximate surface area is 101 Å². The fraction of sp³-hybridized carbons (Fsp3) is 0.385. The Morgan fingerprint density at radius 1 is 1.47 bits per heavy atom. The van der Waals surface area contributed by atoms with Crippen molar-refractivity contribution in [2.45, 2.75) is 20.0 Å². The number of nitrogens with zero attached hydrogens (tertiary/aromatic N) is 1. The molecule has 1 rings (SSSR count). The monoisotopic (exact) mass is 232 g/mol. The number of carbonyl (C=O) groups is 1. The minimum Gasteiger partial charge on any atom is -0.445 e. The Morgan fingerprint density at radius 3 is 2.82 bits per heavy atom. The van der Waals surface area contributed by atoms with Crippen molar-refractivity contribution >= 4 is 6.09 Å². The number of ether oxygens (including phenoxy) is 1. The first-order valence-electron chi connectivity index (χ1n) is 5.54. The van der Waals surface area contributed by atoms with Crippen LogP contribution in [0.3, 0.4) is 0 Å². The number of rotatable bonds is 5. The predicted octanol–water partition coefficient (Wildman–Crippen LogP) is 2.46. The van der Waals surface area contributed by atoms with E-state index in [1.165, 1.54) is 0 Å². The van der Waals surface area contributed by atoms with E-state index in [0.29, 0.717) is 13.0 Å². The summed E-state index contributed by atoms with van der Waals surface area (Å²) in [7, 11) is 0. The van der Waals surface area contributed by atoms with Crippen molar-refractivity contribution in [1.29, 1.82) is 5.26 Å². The van der Waals surface area contributed by atoms with E-state index in [1.807, 2.05) is 37.3 Å². The van der Waals surface area contributed by atoms with Crippen molar-refractivity contribution in [2.75, 3.05) is 6.54 Å². The number of alkyl carbamates (subject to hydrolysis) is 1. The van der Waals surface area contributed by atoms with Gasteiger partial charge in [0, 0.05) is 13.0 Å². The van der Waals surface area contributed by atoms with Gasteiger partial charge < -0.3 is 10.1 Å². The molecule has 90 valence electrons. The number of nitriles is 1. The van der Waals surface area contributed by atoms with E-state index in [0.717, 1.165) is 5.56 Å². The van der Waals surface area contributed by atoms with Crippen LogP contribution in [0.15, 0.2) is 30.3 Å². The van der Waals surface area contributed by atoms with Crippen molar-refractivity contribution in [3.8, 4) is 6.07 Å². The highest BCUT2D eigenvalue weighted by Crippen LogP contribution is 2.01. The first-order valence-corrected chi connectivity index (χ1v) is 5.54. The van der Waals surface area contributed by atoms with Crippen LogP contribution >= 0.6 is 0 Å². The van der Waals surface area contributed by atoms with Gasteiger partial charge in [0.05, 0.1) is 6.07 Å². The van der Waals surface area contributed by atoms with Crippen molar-refractivity contribution in [3.05, 3.63) is 35.9 Å². The lowest BCUT2D eigenvalue weighted by molar-refractivity contribution is 0.138. The number of nitrogens with one attached hydrogen (secondary N) is 1. The zero-order chi connectivity index (χ0) is 12.5. The molecule has 17 heavy (non-hydrogen) atoms. The Morgan fingerprint density at radius 2 is 2.18 bits per heavy atom. The second kappa shape index (κ2) is 7.29. The molecule has 0 unspecified atom stereocenters. The summed E-state index contributed by atoms with van der Waals surface area (Å²) in [5, 5.41) is 11.1. The van der Waals surface area contributed by atoms with Crippen LogP contribution in [-0.4, -0.2) is 12.6 Å². The third kappa shape index (κ3) is 5.57. The zero-order valence-electron chi connectivity index (χ0n) is 9.85. The third-order valence-electron chi connectivity index (χ3n) is 2.25. The van der Waals surface area contributed by atoms with E-state index in [1.54, 1.807) is 0 Å². The smallest absolute Gasteiger partial charge is 0.407 e. The average molecular weight is 232 g/mol. The van der Waals surface area contributed by atoms with Crippen molar-refractivity contribution in [3.63, 3.8) is 0 Å². The summed E-state index contributed by atoms with van der Waals surface area (Å²) in [6, 6.07) is 11.5. The molecule has 0 saturated heterocycles. The van der Waals surface area contributed by atoms with Crippen molar-refractivity contribution in [2.24, 2.45) is 5.92 Å². The van der Waals surface area contributed by atoms with E-state index in [2.05, 4.69) is 11.4 Å². The molecule has 0 saturated carbocycles. The number of carbonyl (C=O) groups excluding carboxylic acids is 1. The van der Waals surface area contributed by atoms with Gasteiger partial charge in [0.25, 0.3) is 0 Å². The van der Waals surface area contributed by atoms with Crippen LogP contribution in [0.25, 0.3) is 0 Å². The lowest BCUT2D eigenvalue weighted by Crippen LogP contribution is -2.28. The van der Waals surface area contributed by atoms with Gasteiger partial charge in [-0.25, -0.2) is 4.79 Å². The van der Waals surface area contributed by atoms with Crippen LogP contribution in [-0.2, 0) is 11.3 Å². The second-order valence-corrected chi connectivity index (χ2v) is 3.91. The first-order chi connectivity index (χ1) is 8.22. The number of benzene rings is 1. The van der Waals surface area contributed by atoms with E-state index in [9.17, 15) is 4.79 Å². The molecule has 0 aliphatic carbocycles. The van der Waals surface area contributed by atoms with Gasteiger partial charge in [-0.3, -0.25) is 0 Å². The summed E-state index contributed by atoms with van der Waals surface area (Å²) in [5.74, 6) is 0.143. The highest BCUT2D eigenvalue weighted by Gasteiger charge is 2.05. The number of hydrogen-bond acceptors (Lipinski definition) is 3. The lowest BCUT2D eigenvalue weighted by Gasteiger charge is -2.09. The highest BCUT2D eigenvalue weighted by atomic mass is 16.5. The van der Waals surface area contributed by atoms with Crippen molar-refractivity contribution < 1.29 is 9.53 Å². The topological polar surface area (TPSA) is 62.1 Å². The minimum atomic E-state index is -0.446. The molecule has 0 spiro atoms. The second-order valence-electron chi connectivity index (χ2n) is 3.91. The van der Waals surface area contributed by atoms with Gasteiger partial charge in [0.15, 0.2) is 0 Å². The third-order valence-corrected chi connectivity index (χ3v) is 2.25. The molecule has 0 aliphatic heterocycles. The maximum absolute atomic E-state index is 11.3. The Hall–Kier alpha value is -2.02. The summed E-state index contributed by atoms with van der Waals surface area (Å²) in [6.45, 7) is 2.63. The van der Waals surface area contributed by atoms with Crippen LogP contribution < -0.4 is 5.32 Å². The molecule has 1 amide bonds. The fourth-order valence-corrected chi connectivity index (χ4v) is 1.26. The van der Waals surface area contributed by atoms with Crippen LogP contribution in [0.1, 0.15) is 18.9 Å². The van der Waals surface area contributed by atoms with Crippen LogP contribution in [0, 0.1) is 17.2 Å². The predicted molar refractivity (Wildman–Crippen MR) is 64.0 cm³/mol. The summed E-state index contributed by atoms with van der Waals surface area (Å²) in [6.07, 6.45) is -0.0162. The minimum absolute atomic E-state index is 0.143. The van der Waals surface area contributed by atoms with E-state index in [-0.39, 0.29) is 12.5 Å². The largest absolute Gasteiger partial charge is 0.445 e. The normalized spacial score (nSPS) is 11.3. The van der Waals surface area contributed by atoms with Gasteiger partial charge in [-0.1, -0.05) is 37.3 Å². The maximum atomic E-state index is 11.3. The Bertz CT molecular complexity index is 384. The van der Waals surface area contributed by atoms with Crippen LogP contribution in [0.5, 0.6) is 0 Å². The molecule has 0 aromatic heterocycles. The standard InChI is InChI=1S/C13H16N2O2/c1-11(7-8-14)9-15-13(16)17-10-12-5-3-2-4-6-12/h2-6,11H,7,9-10H2,1H3,(H,15,16)/t11-/m0/s1. The van der Waals surface area contributed by atoms with E-state index >= 15 is 0 Å². The van der Waals surface area contributed by atoms with Gasteiger partial charge >= 0.3 is 6.09 Å². The molecule has 1 N–H and O–H groups in total. The summed E-state index contributed by atoms with van der Waals surface area (Å²) in [5.41, 5.74) is 0.952. The van der Waals surface area contributed by atoms with Gasteiger partial charge in [0.1, 0.15) is 6.61 Å². The Balaban J connectivity index is 2.20. The molecule has 1 atom stereocenters. The SMILES string of the molecule is C[C@@H](CC#N)CNC(=O)OCc1ccccc1. The van der Waals surface area contributed by atoms with E-state index < -0.39 is 6.09 Å². The lowest BCUT2D eigenvalue weighted by atomic mass is 10.1. The molecular weight excluding hydrogens is 216 g/mol. The van der Waals surface area contributed by atoms with Gasteiger partial charge in [-0.15, -0.1) is 0 Å². The van der Waals surface area contributed by atoms with Gasteiger partial charge in [0.2, 0.25) is 0 Å². The molecule has 0 bridgehead atoms. The molecule has 0 heterocycles. The number of amides is 1.